The van der Waals surface area contributed by atoms with Crippen LogP contribution in [0.4, 0.5) is 0 Å². The Morgan fingerprint density at radius 2 is 2.17 bits per heavy atom. The van der Waals surface area contributed by atoms with Crippen molar-refractivity contribution in [2.75, 3.05) is 0 Å². The molecule has 4 heteroatoms. The van der Waals surface area contributed by atoms with Gasteiger partial charge in [0.2, 0.25) is 0 Å². The van der Waals surface area contributed by atoms with Crippen LogP contribution in [0.1, 0.15) is 32.6 Å². The van der Waals surface area contributed by atoms with E-state index in [2.05, 4.69) is 6.08 Å². The summed E-state index contributed by atoms with van der Waals surface area (Å²) in [6.45, 7) is 1.90. The molecule has 0 aliphatic carbocycles. The third-order valence-electron chi connectivity index (χ3n) is 3.22. The van der Waals surface area contributed by atoms with Crippen molar-refractivity contribution in [1.82, 2.24) is 0 Å². The molecular weight excluding hydrogens is 232 g/mol. The molecule has 4 atom stereocenters. The summed E-state index contributed by atoms with van der Waals surface area (Å²) in [4.78, 5) is 11.7. The van der Waals surface area contributed by atoms with Crippen LogP contribution >= 0.6 is 0 Å². The number of rotatable bonds is 0. The van der Waals surface area contributed by atoms with E-state index in [1.165, 1.54) is 0 Å². The maximum absolute atomic E-state index is 11.7. The molecule has 0 saturated carbocycles. The Balaban J connectivity index is 2.08. The lowest BCUT2D eigenvalue weighted by atomic mass is 10.0. The Morgan fingerprint density at radius 3 is 3.00 bits per heavy atom. The minimum absolute atomic E-state index is 0.0719. The molecule has 2 heterocycles. The van der Waals surface area contributed by atoms with Gasteiger partial charge in [0.1, 0.15) is 0 Å². The Morgan fingerprint density at radius 1 is 1.33 bits per heavy atom. The summed E-state index contributed by atoms with van der Waals surface area (Å²) in [5.74, 6) is -0.301. The van der Waals surface area contributed by atoms with Crippen LogP contribution in [0.2, 0.25) is 0 Å². The molecule has 0 unspecified atom stereocenters. The minimum atomic E-state index is -0.736. The lowest BCUT2D eigenvalue weighted by molar-refractivity contribution is -0.154. The van der Waals surface area contributed by atoms with E-state index in [-0.39, 0.29) is 24.6 Å². The van der Waals surface area contributed by atoms with Crippen LogP contribution < -0.4 is 0 Å². The van der Waals surface area contributed by atoms with E-state index in [0.717, 1.165) is 19.3 Å². The fourth-order valence-corrected chi connectivity index (χ4v) is 2.20. The van der Waals surface area contributed by atoms with Crippen molar-refractivity contribution in [3.05, 3.63) is 24.3 Å². The van der Waals surface area contributed by atoms with Crippen LogP contribution in [-0.4, -0.2) is 35.5 Å². The second kappa shape index (κ2) is 6.16. The van der Waals surface area contributed by atoms with Gasteiger partial charge in [0.05, 0.1) is 30.8 Å². The molecule has 4 nitrogen and oxygen atoms in total. The molecular formula is C14H20O4. The van der Waals surface area contributed by atoms with Gasteiger partial charge in [-0.1, -0.05) is 24.3 Å². The van der Waals surface area contributed by atoms with Gasteiger partial charge >= 0.3 is 5.97 Å². The quantitative estimate of drug-likeness (QED) is 0.527. The molecule has 2 aliphatic rings. The van der Waals surface area contributed by atoms with E-state index < -0.39 is 12.2 Å². The summed E-state index contributed by atoms with van der Waals surface area (Å²) in [6.07, 6.45) is 9.00. The molecule has 0 fully saturated rings. The average Bonchev–Trinajstić information content (AvgIpc) is 2.31. The first-order valence-corrected chi connectivity index (χ1v) is 6.53. The Bertz CT molecular complexity index is 348. The number of hydrogen-bond acceptors (Lipinski definition) is 4. The fourth-order valence-electron chi connectivity index (χ4n) is 2.20. The zero-order chi connectivity index (χ0) is 13.0. The van der Waals surface area contributed by atoms with Crippen molar-refractivity contribution in [2.24, 2.45) is 0 Å². The number of allylic oxidation sites excluding steroid dienone is 1. The lowest BCUT2D eigenvalue weighted by Crippen LogP contribution is -2.37. The van der Waals surface area contributed by atoms with Gasteiger partial charge in [-0.15, -0.1) is 0 Å². The standard InChI is InChI=1S/C14H20O4/c1-10-5-3-2-4-6-11-7-8-12(15)13(18-11)9-14(16)17-10/h4,6-8,10-13,15H,2-3,5,9H2,1H3/b6-4-/t10-,11-,12-,13-/m0/s1. The van der Waals surface area contributed by atoms with Crippen molar-refractivity contribution in [1.29, 1.82) is 0 Å². The number of carbonyl (C=O) groups excluding carboxylic acids is 1. The summed E-state index contributed by atoms with van der Waals surface area (Å²) >= 11 is 0. The second-order valence-corrected chi connectivity index (χ2v) is 4.88. The minimum Gasteiger partial charge on any atom is -0.463 e. The van der Waals surface area contributed by atoms with E-state index in [1.54, 1.807) is 6.08 Å². The molecule has 100 valence electrons. The van der Waals surface area contributed by atoms with Crippen molar-refractivity contribution in [3.63, 3.8) is 0 Å². The number of fused-ring (bicyclic) bond motifs is 2. The summed E-state index contributed by atoms with van der Waals surface area (Å²) in [5.41, 5.74) is 0. The van der Waals surface area contributed by atoms with Crippen LogP contribution in [0.25, 0.3) is 0 Å². The zero-order valence-electron chi connectivity index (χ0n) is 10.6. The highest BCUT2D eigenvalue weighted by atomic mass is 16.5. The maximum atomic E-state index is 11.7. The van der Waals surface area contributed by atoms with Gasteiger partial charge in [-0.25, -0.2) is 0 Å². The van der Waals surface area contributed by atoms with Crippen LogP contribution in [0.3, 0.4) is 0 Å². The summed E-state index contributed by atoms with van der Waals surface area (Å²) in [6, 6.07) is 0. The van der Waals surface area contributed by atoms with Gasteiger partial charge in [0.25, 0.3) is 0 Å². The molecule has 2 rings (SSSR count). The van der Waals surface area contributed by atoms with E-state index >= 15 is 0 Å². The maximum Gasteiger partial charge on any atom is 0.308 e. The molecule has 18 heavy (non-hydrogen) atoms. The van der Waals surface area contributed by atoms with Crippen LogP contribution in [0.15, 0.2) is 24.3 Å². The lowest BCUT2D eigenvalue weighted by Gasteiger charge is -2.28. The molecule has 0 aromatic rings. The Kier molecular flexibility index (Phi) is 4.55. The monoisotopic (exact) mass is 252 g/mol. The highest BCUT2D eigenvalue weighted by Crippen LogP contribution is 2.19. The second-order valence-electron chi connectivity index (χ2n) is 4.88. The van der Waals surface area contributed by atoms with Crippen molar-refractivity contribution in [2.45, 2.75) is 57.0 Å². The normalized spacial score (nSPS) is 39.3. The van der Waals surface area contributed by atoms with E-state index in [1.807, 2.05) is 19.1 Å². The van der Waals surface area contributed by atoms with Gasteiger partial charge < -0.3 is 14.6 Å². The molecule has 0 radical (unpaired) electrons. The number of cyclic esters (lactones) is 1. The largest absolute Gasteiger partial charge is 0.463 e. The molecule has 2 bridgehead atoms. The highest BCUT2D eigenvalue weighted by molar-refractivity contribution is 5.70. The van der Waals surface area contributed by atoms with Crippen LogP contribution in [-0.2, 0) is 14.3 Å². The third kappa shape index (κ3) is 3.68. The predicted octanol–water partition coefficient (Wildman–Crippen LogP) is 1.73. The number of esters is 1. The molecule has 2 aliphatic heterocycles. The van der Waals surface area contributed by atoms with Gasteiger partial charge in [-0.3, -0.25) is 4.79 Å². The third-order valence-corrected chi connectivity index (χ3v) is 3.22. The number of hydrogen-bond donors (Lipinski definition) is 1. The van der Waals surface area contributed by atoms with E-state index in [9.17, 15) is 9.90 Å². The average molecular weight is 252 g/mol. The summed E-state index contributed by atoms with van der Waals surface area (Å²) < 4.78 is 10.9. The van der Waals surface area contributed by atoms with E-state index in [4.69, 9.17) is 9.47 Å². The van der Waals surface area contributed by atoms with Crippen molar-refractivity contribution in [3.8, 4) is 0 Å². The van der Waals surface area contributed by atoms with Crippen molar-refractivity contribution >= 4 is 5.97 Å². The van der Waals surface area contributed by atoms with Crippen molar-refractivity contribution < 1.29 is 19.4 Å². The van der Waals surface area contributed by atoms with E-state index in [0.29, 0.717) is 0 Å². The highest BCUT2D eigenvalue weighted by Gasteiger charge is 2.28. The first-order chi connectivity index (χ1) is 8.65. The molecule has 0 aromatic carbocycles. The number of aliphatic hydroxyl groups is 1. The zero-order valence-corrected chi connectivity index (χ0v) is 10.6. The molecule has 0 aromatic heterocycles. The topological polar surface area (TPSA) is 55.8 Å². The van der Waals surface area contributed by atoms with Gasteiger partial charge in [-0.05, 0) is 26.2 Å². The number of ether oxygens (including phenoxy) is 2. The van der Waals surface area contributed by atoms with Gasteiger partial charge in [0.15, 0.2) is 0 Å². The fraction of sp³-hybridized carbons (Fsp3) is 0.643. The molecule has 0 spiro atoms. The molecule has 0 saturated heterocycles. The first-order valence-electron chi connectivity index (χ1n) is 6.53. The van der Waals surface area contributed by atoms with Crippen LogP contribution in [0.5, 0.6) is 0 Å². The predicted molar refractivity (Wildman–Crippen MR) is 67.0 cm³/mol. The smallest absolute Gasteiger partial charge is 0.308 e. The van der Waals surface area contributed by atoms with Crippen LogP contribution in [0, 0.1) is 0 Å². The number of carbonyl (C=O) groups is 1. The molecule has 0 amide bonds. The Hall–Kier alpha value is -1.13. The summed E-state index contributed by atoms with van der Waals surface area (Å²) in [5, 5.41) is 9.77. The first kappa shape index (κ1) is 13.3. The Labute approximate surface area is 107 Å². The van der Waals surface area contributed by atoms with Gasteiger partial charge in [-0.2, -0.15) is 0 Å². The summed E-state index contributed by atoms with van der Waals surface area (Å²) in [7, 11) is 0. The van der Waals surface area contributed by atoms with Gasteiger partial charge in [0, 0.05) is 0 Å². The molecule has 1 N–H and O–H groups in total. The SMILES string of the molecule is C[C@H]1CCC/C=C\[C@H]2C=C[C@H](O)[C@H](CC(=O)O1)O2. The number of aliphatic hydroxyl groups excluding tert-OH is 1.